The van der Waals surface area contributed by atoms with E-state index in [0.717, 1.165) is 15.6 Å². The molecule has 7 nitrogen and oxygen atoms in total. The van der Waals surface area contributed by atoms with Gasteiger partial charge in [-0.1, -0.05) is 39.4 Å². The molecule has 176 valence electrons. The third kappa shape index (κ3) is 4.45. The normalized spacial score (nSPS) is 15.6. The van der Waals surface area contributed by atoms with E-state index in [9.17, 15) is 9.59 Å². The first-order chi connectivity index (χ1) is 16.4. The monoisotopic (exact) mass is 542 g/mol. The van der Waals surface area contributed by atoms with Gasteiger partial charge in [0.15, 0.2) is 4.80 Å². The van der Waals surface area contributed by atoms with Gasteiger partial charge in [0.2, 0.25) is 0 Å². The summed E-state index contributed by atoms with van der Waals surface area (Å²) in [5.74, 6) is 0.827. The Labute approximate surface area is 208 Å². The van der Waals surface area contributed by atoms with E-state index < -0.39 is 12.0 Å². The maximum Gasteiger partial charge on any atom is 0.338 e. The van der Waals surface area contributed by atoms with Crippen LogP contribution in [0.3, 0.4) is 0 Å². The van der Waals surface area contributed by atoms with Crippen LogP contribution in [-0.4, -0.2) is 31.4 Å². The fourth-order valence-electron chi connectivity index (χ4n) is 3.85. The van der Waals surface area contributed by atoms with E-state index in [2.05, 4.69) is 20.9 Å². The molecule has 0 amide bonds. The summed E-state index contributed by atoms with van der Waals surface area (Å²) in [4.78, 5) is 31.7. The Morgan fingerprint density at radius 1 is 1.18 bits per heavy atom. The molecule has 1 aliphatic heterocycles. The number of thiazole rings is 1. The minimum absolute atomic E-state index is 0.220. The van der Waals surface area contributed by atoms with Gasteiger partial charge in [-0.25, -0.2) is 9.79 Å². The fraction of sp³-hybridized carbons (Fsp3) is 0.240. The van der Waals surface area contributed by atoms with Gasteiger partial charge in [-0.15, -0.1) is 0 Å². The second-order valence-electron chi connectivity index (χ2n) is 7.46. The van der Waals surface area contributed by atoms with Crippen molar-refractivity contribution >= 4 is 39.3 Å². The molecule has 1 aromatic heterocycles. The van der Waals surface area contributed by atoms with E-state index in [1.807, 2.05) is 30.3 Å². The van der Waals surface area contributed by atoms with Crippen molar-refractivity contribution in [3.63, 3.8) is 0 Å². The predicted octanol–water partition coefficient (Wildman–Crippen LogP) is 3.58. The SMILES string of the molecule is CCOC(=O)C1=C(C)N=c2sc(=Cc3cc(Br)ccc3OC)c(=O)n2C1c1ccc(OC)cc1. The Balaban J connectivity index is 1.96. The molecule has 1 atom stereocenters. The zero-order chi connectivity index (χ0) is 24.4. The molecule has 0 saturated carbocycles. The average Bonchev–Trinajstić information content (AvgIpc) is 3.13. The number of carbonyl (C=O) groups excluding carboxylic acids is 1. The van der Waals surface area contributed by atoms with Crippen molar-refractivity contribution in [3.05, 3.63) is 89.0 Å². The fourth-order valence-corrected chi connectivity index (χ4v) is 5.27. The zero-order valence-corrected chi connectivity index (χ0v) is 21.5. The summed E-state index contributed by atoms with van der Waals surface area (Å²) >= 11 is 4.74. The lowest BCUT2D eigenvalue weighted by molar-refractivity contribution is -0.139. The number of benzene rings is 2. The van der Waals surface area contributed by atoms with E-state index in [-0.39, 0.29) is 12.2 Å². The Morgan fingerprint density at radius 2 is 1.91 bits per heavy atom. The number of methoxy groups -OCH3 is 2. The highest BCUT2D eigenvalue weighted by molar-refractivity contribution is 9.10. The number of ether oxygens (including phenoxy) is 3. The minimum atomic E-state index is -0.673. The van der Waals surface area contributed by atoms with Gasteiger partial charge in [0.1, 0.15) is 11.5 Å². The molecule has 34 heavy (non-hydrogen) atoms. The third-order valence-electron chi connectivity index (χ3n) is 5.43. The quantitative estimate of drug-likeness (QED) is 0.445. The van der Waals surface area contributed by atoms with Gasteiger partial charge in [-0.2, -0.15) is 0 Å². The number of hydrogen-bond acceptors (Lipinski definition) is 7. The molecule has 2 aromatic carbocycles. The Hall–Kier alpha value is -3.17. The maximum atomic E-state index is 13.7. The summed E-state index contributed by atoms with van der Waals surface area (Å²) in [7, 11) is 3.17. The molecule has 0 fully saturated rings. The highest BCUT2D eigenvalue weighted by Gasteiger charge is 2.33. The van der Waals surface area contributed by atoms with Crippen molar-refractivity contribution in [2.75, 3.05) is 20.8 Å². The van der Waals surface area contributed by atoms with Crippen molar-refractivity contribution in [3.8, 4) is 11.5 Å². The lowest BCUT2D eigenvalue weighted by atomic mass is 9.96. The highest BCUT2D eigenvalue weighted by atomic mass is 79.9. The van der Waals surface area contributed by atoms with Crippen LogP contribution in [0.5, 0.6) is 11.5 Å². The zero-order valence-electron chi connectivity index (χ0n) is 19.1. The van der Waals surface area contributed by atoms with Crippen LogP contribution in [0.1, 0.15) is 31.0 Å². The van der Waals surface area contributed by atoms with Gasteiger partial charge in [0.05, 0.1) is 42.7 Å². The molecule has 2 heterocycles. The van der Waals surface area contributed by atoms with Crippen molar-refractivity contribution in [1.29, 1.82) is 0 Å². The van der Waals surface area contributed by atoms with Crippen molar-refractivity contribution in [2.24, 2.45) is 4.99 Å². The first kappa shape index (κ1) is 24.0. The van der Waals surface area contributed by atoms with Crippen LogP contribution in [0.15, 0.2) is 68.0 Å². The summed E-state index contributed by atoms with van der Waals surface area (Å²) in [6, 6.07) is 12.2. The number of rotatable bonds is 6. The number of esters is 1. The molecular formula is C25H23BrN2O5S. The number of allylic oxidation sites excluding steroid dienone is 1. The van der Waals surface area contributed by atoms with Crippen LogP contribution >= 0.6 is 27.3 Å². The molecule has 0 spiro atoms. The van der Waals surface area contributed by atoms with Gasteiger partial charge in [0.25, 0.3) is 5.56 Å². The predicted molar refractivity (Wildman–Crippen MR) is 134 cm³/mol. The topological polar surface area (TPSA) is 79.1 Å². The molecule has 0 saturated heterocycles. The Bertz CT molecular complexity index is 1450. The van der Waals surface area contributed by atoms with Crippen LogP contribution < -0.4 is 24.4 Å². The summed E-state index contributed by atoms with van der Waals surface area (Å²) < 4.78 is 19.0. The smallest absolute Gasteiger partial charge is 0.338 e. The molecular weight excluding hydrogens is 520 g/mol. The minimum Gasteiger partial charge on any atom is -0.497 e. The Kier molecular flexibility index (Phi) is 7.04. The maximum absolute atomic E-state index is 13.7. The first-order valence-corrected chi connectivity index (χ1v) is 12.2. The summed E-state index contributed by atoms with van der Waals surface area (Å²) in [5, 5.41) is 0. The molecule has 1 aliphatic rings. The van der Waals surface area contributed by atoms with Crippen LogP contribution in [0.4, 0.5) is 0 Å². The molecule has 9 heteroatoms. The largest absolute Gasteiger partial charge is 0.497 e. The molecule has 1 unspecified atom stereocenters. The van der Waals surface area contributed by atoms with Crippen LogP contribution in [0.25, 0.3) is 6.08 Å². The van der Waals surface area contributed by atoms with E-state index in [1.54, 1.807) is 50.8 Å². The first-order valence-electron chi connectivity index (χ1n) is 10.5. The standard InChI is InChI=1S/C25H23BrN2O5S/c1-5-33-24(30)21-14(2)27-25-28(22(21)15-6-9-18(31-3)10-7-15)23(29)20(34-25)13-16-12-17(26)8-11-19(16)32-4/h6-13,22H,5H2,1-4H3. The number of nitrogens with zero attached hydrogens (tertiary/aromatic N) is 2. The molecule has 0 bridgehead atoms. The lowest BCUT2D eigenvalue weighted by Crippen LogP contribution is -2.39. The van der Waals surface area contributed by atoms with Crippen LogP contribution in [0, 0.1) is 0 Å². The Morgan fingerprint density at radius 3 is 2.56 bits per heavy atom. The van der Waals surface area contributed by atoms with E-state index in [4.69, 9.17) is 14.2 Å². The van der Waals surface area contributed by atoms with Gasteiger partial charge < -0.3 is 14.2 Å². The second kappa shape index (κ2) is 9.99. The number of aromatic nitrogens is 1. The summed E-state index contributed by atoms with van der Waals surface area (Å²) in [6.45, 7) is 3.73. The van der Waals surface area contributed by atoms with Crippen LogP contribution in [0.2, 0.25) is 0 Å². The molecule has 4 rings (SSSR count). The van der Waals surface area contributed by atoms with Crippen molar-refractivity contribution < 1.29 is 19.0 Å². The number of halogens is 1. The van der Waals surface area contributed by atoms with Gasteiger partial charge in [-0.05, 0) is 55.8 Å². The van der Waals surface area contributed by atoms with Crippen molar-refractivity contribution in [1.82, 2.24) is 4.57 Å². The average molecular weight is 543 g/mol. The van der Waals surface area contributed by atoms with Gasteiger partial charge >= 0.3 is 5.97 Å². The highest BCUT2D eigenvalue weighted by Crippen LogP contribution is 2.31. The van der Waals surface area contributed by atoms with Gasteiger partial charge in [0, 0.05) is 10.0 Å². The van der Waals surface area contributed by atoms with E-state index in [1.165, 1.54) is 11.3 Å². The molecule has 0 N–H and O–H groups in total. The third-order valence-corrected chi connectivity index (χ3v) is 6.90. The second-order valence-corrected chi connectivity index (χ2v) is 9.39. The van der Waals surface area contributed by atoms with Gasteiger partial charge in [-0.3, -0.25) is 9.36 Å². The number of carbonyl (C=O) groups is 1. The summed E-state index contributed by atoms with van der Waals surface area (Å²) in [5.41, 5.74) is 2.12. The lowest BCUT2D eigenvalue weighted by Gasteiger charge is -2.24. The molecule has 0 radical (unpaired) electrons. The number of fused-ring (bicyclic) bond motifs is 1. The van der Waals surface area contributed by atoms with E-state index in [0.29, 0.717) is 32.1 Å². The molecule has 3 aromatic rings. The van der Waals surface area contributed by atoms with Crippen LogP contribution in [-0.2, 0) is 9.53 Å². The summed E-state index contributed by atoms with van der Waals surface area (Å²) in [6.07, 6.45) is 1.78. The molecule has 0 aliphatic carbocycles. The van der Waals surface area contributed by atoms with E-state index >= 15 is 0 Å². The van der Waals surface area contributed by atoms with Crippen molar-refractivity contribution in [2.45, 2.75) is 19.9 Å². The number of hydrogen-bond donors (Lipinski definition) is 0.